The minimum atomic E-state index is -0.420. The summed E-state index contributed by atoms with van der Waals surface area (Å²) in [7, 11) is 1.32. The molecule has 0 radical (unpaired) electrons. The maximum Gasteiger partial charge on any atom is 0.337 e. The van der Waals surface area contributed by atoms with Crippen LogP contribution in [0.1, 0.15) is 10.4 Å². The predicted octanol–water partition coefficient (Wildman–Crippen LogP) is 3.44. The molecule has 7 heteroatoms. The van der Waals surface area contributed by atoms with Crippen LogP contribution in [0.15, 0.2) is 53.0 Å². The molecule has 0 aliphatic rings. The van der Waals surface area contributed by atoms with Crippen molar-refractivity contribution in [1.82, 2.24) is 5.32 Å². The predicted molar refractivity (Wildman–Crippen MR) is 94.4 cm³/mol. The molecule has 126 valence electrons. The molecular formula is C17H17BrN2O4. The number of carbonyl (C=O) groups is 2. The molecule has 6 nitrogen and oxygen atoms in total. The number of hydrogen-bond donors (Lipinski definition) is 2. The van der Waals surface area contributed by atoms with Gasteiger partial charge in [-0.1, -0.05) is 15.9 Å². The lowest BCUT2D eigenvalue weighted by molar-refractivity contribution is 0.0601. The van der Waals surface area contributed by atoms with Crippen LogP contribution in [0, 0.1) is 0 Å². The maximum atomic E-state index is 11.8. The summed E-state index contributed by atoms with van der Waals surface area (Å²) in [4.78, 5) is 23.1. The van der Waals surface area contributed by atoms with Crippen LogP contribution in [-0.4, -0.2) is 32.3 Å². The average molecular weight is 393 g/mol. The molecule has 0 unspecified atom stereocenters. The Balaban J connectivity index is 1.71. The highest BCUT2D eigenvalue weighted by Gasteiger charge is 2.06. The molecule has 2 rings (SSSR count). The standard InChI is InChI=1S/C17H17BrN2O4/c1-23-16(21)12-2-6-14(7-3-12)20-17(22)19-10-11-24-15-8-4-13(18)5-9-15/h2-9H,10-11H2,1H3,(H2,19,20,22). The van der Waals surface area contributed by atoms with E-state index in [1.54, 1.807) is 24.3 Å². The van der Waals surface area contributed by atoms with E-state index >= 15 is 0 Å². The third kappa shape index (κ3) is 5.58. The van der Waals surface area contributed by atoms with Crippen LogP contribution in [0.25, 0.3) is 0 Å². The van der Waals surface area contributed by atoms with E-state index in [1.165, 1.54) is 7.11 Å². The molecule has 0 atom stereocenters. The molecule has 0 saturated heterocycles. The average Bonchev–Trinajstić information content (AvgIpc) is 2.60. The molecule has 0 fully saturated rings. The minimum absolute atomic E-state index is 0.347. The van der Waals surface area contributed by atoms with Gasteiger partial charge in [0.2, 0.25) is 0 Å². The number of ether oxygens (including phenoxy) is 2. The zero-order valence-corrected chi connectivity index (χ0v) is 14.6. The van der Waals surface area contributed by atoms with Crippen LogP contribution < -0.4 is 15.4 Å². The van der Waals surface area contributed by atoms with E-state index in [2.05, 4.69) is 31.3 Å². The summed E-state index contributed by atoms with van der Waals surface area (Å²) in [5.41, 5.74) is 1.00. The summed E-state index contributed by atoms with van der Waals surface area (Å²) >= 11 is 3.35. The second kappa shape index (κ2) is 8.93. The normalized spacial score (nSPS) is 9.92. The van der Waals surface area contributed by atoms with Crippen molar-refractivity contribution in [3.63, 3.8) is 0 Å². The third-order valence-electron chi connectivity index (χ3n) is 3.03. The lowest BCUT2D eigenvalue weighted by Gasteiger charge is -2.09. The van der Waals surface area contributed by atoms with Gasteiger partial charge in [0.25, 0.3) is 0 Å². The minimum Gasteiger partial charge on any atom is -0.492 e. The number of urea groups is 1. The molecule has 0 spiro atoms. The number of anilines is 1. The number of benzene rings is 2. The Morgan fingerprint density at radius 2 is 1.71 bits per heavy atom. The van der Waals surface area contributed by atoms with Gasteiger partial charge in [0.05, 0.1) is 19.2 Å². The van der Waals surface area contributed by atoms with Gasteiger partial charge in [-0.3, -0.25) is 0 Å². The van der Waals surface area contributed by atoms with Gasteiger partial charge in [0.1, 0.15) is 12.4 Å². The lowest BCUT2D eigenvalue weighted by atomic mass is 10.2. The number of carbonyl (C=O) groups excluding carboxylic acids is 2. The molecule has 2 aromatic carbocycles. The number of rotatable bonds is 6. The number of amides is 2. The SMILES string of the molecule is COC(=O)c1ccc(NC(=O)NCCOc2ccc(Br)cc2)cc1. The van der Waals surface area contributed by atoms with Crippen LogP contribution in [-0.2, 0) is 4.74 Å². The smallest absolute Gasteiger partial charge is 0.337 e. The monoisotopic (exact) mass is 392 g/mol. The van der Waals surface area contributed by atoms with Crippen molar-refractivity contribution in [3.8, 4) is 5.75 Å². The van der Waals surface area contributed by atoms with Crippen LogP contribution in [0.4, 0.5) is 10.5 Å². The number of esters is 1. The molecule has 2 aromatic rings. The highest BCUT2D eigenvalue weighted by atomic mass is 79.9. The summed E-state index contributed by atoms with van der Waals surface area (Å²) in [5.74, 6) is 0.315. The molecule has 2 N–H and O–H groups in total. The van der Waals surface area contributed by atoms with Gasteiger partial charge in [0.15, 0.2) is 0 Å². The van der Waals surface area contributed by atoms with Gasteiger partial charge in [-0.2, -0.15) is 0 Å². The Labute approximate surface area is 148 Å². The molecule has 0 aliphatic carbocycles. The topological polar surface area (TPSA) is 76.7 Å². The second-order valence-corrected chi connectivity index (χ2v) is 5.67. The Morgan fingerprint density at radius 1 is 1.04 bits per heavy atom. The van der Waals surface area contributed by atoms with Crippen molar-refractivity contribution in [2.75, 3.05) is 25.6 Å². The molecule has 0 aliphatic heterocycles. The van der Waals surface area contributed by atoms with Crippen LogP contribution in [0.5, 0.6) is 5.75 Å². The summed E-state index contributed by atoms with van der Waals surface area (Å²) < 4.78 is 11.1. The first-order valence-corrected chi connectivity index (χ1v) is 7.99. The van der Waals surface area contributed by atoms with E-state index in [0.717, 1.165) is 10.2 Å². The van der Waals surface area contributed by atoms with Crippen molar-refractivity contribution in [2.45, 2.75) is 0 Å². The molecule has 2 amide bonds. The Kier molecular flexibility index (Phi) is 6.62. The van der Waals surface area contributed by atoms with E-state index in [9.17, 15) is 9.59 Å². The number of nitrogens with one attached hydrogen (secondary N) is 2. The largest absolute Gasteiger partial charge is 0.492 e. The van der Waals surface area contributed by atoms with Crippen molar-refractivity contribution in [1.29, 1.82) is 0 Å². The summed E-state index contributed by atoms with van der Waals surface area (Å²) in [5, 5.41) is 5.35. The summed E-state index contributed by atoms with van der Waals surface area (Å²) in [6.07, 6.45) is 0. The second-order valence-electron chi connectivity index (χ2n) is 4.75. The van der Waals surface area contributed by atoms with Gasteiger partial charge in [-0.05, 0) is 48.5 Å². The molecule has 0 heterocycles. The Morgan fingerprint density at radius 3 is 2.33 bits per heavy atom. The van der Waals surface area contributed by atoms with E-state index in [0.29, 0.717) is 24.4 Å². The van der Waals surface area contributed by atoms with E-state index in [-0.39, 0.29) is 6.03 Å². The highest BCUT2D eigenvalue weighted by Crippen LogP contribution is 2.15. The van der Waals surface area contributed by atoms with E-state index in [1.807, 2.05) is 24.3 Å². The van der Waals surface area contributed by atoms with Gasteiger partial charge in [0, 0.05) is 10.2 Å². The van der Waals surface area contributed by atoms with Gasteiger partial charge >= 0.3 is 12.0 Å². The first-order chi connectivity index (χ1) is 11.6. The number of halogens is 1. The van der Waals surface area contributed by atoms with Crippen molar-refractivity contribution >= 4 is 33.6 Å². The molecule has 24 heavy (non-hydrogen) atoms. The van der Waals surface area contributed by atoms with Crippen LogP contribution in [0.3, 0.4) is 0 Å². The zero-order valence-electron chi connectivity index (χ0n) is 13.0. The lowest BCUT2D eigenvalue weighted by Crippen LogP contribution is -2.32. The quantitative estimate of drug-likeness (QED) is 0.583. The molecular weight excluding hydrogens is 376 g/mol. The number of methoxy groups -OCH3 is 1. The first kappa shape index (κ1) is 17.8. The van der Waals surface area contributed by atoms with Gasteiger partial charge in [-0.15, -0.1) is 0 Å². The fourth-order valence-electron chi connectivity index (χ4n) is 1.85. The molecule has 0 saturated carbocycles. The highest BCUT2D eigenvalue weighted by molar-refractivity contribution is 9.10. The van der Waals surface area contributed by atoms with Gasteiger partial charge in [-0.25, -0.2) is 9.59 Å². The summed E-state index contributed by atoms with van der Waals surface area (Å²) in [6.45, 7) is 0.721. The Bertz CT molecular complexity index is 687. The zero-order chi connectivity index (χ0) is 17.4. The van der Waals surface area contributed by atoms with Gasteiger partial charge < -0.3 is 20.1 Å². The summed E-state index contributed by atoms with van der Waals surface area (Å²) in [6, 6.07) is 13.5. The van der Waals surface area contributed by atoms with Crippen LogP contribution >= 0.6 is 15.9 Å². The Hall–Kier alpha value is -2.54. The van der Waals surface area contributed by atoms with E-state index < -0.39 is 5.97 Å². The number of hydrogen-bond acceptors (Lipinski definition) is 4. The van der Waals surface area contributed by atoms with Crippen molar-refractivity contribution in [3.05, 3.63) is 58.6 Å². The fourth-order valence-corrected chi connectivity index (χ4v) is 2.11. The van der Waals surface area contributed by atoms with Crippen molar-refractivity contribution < 1.29 is 19.1 Å². The molecule has 0 aromatic heterocycles. The van der Waals surface area contributed by atoms with E-state index in [4.69, 9.17) is 4.74 Å². The first-order valence-electron chi connectivity index (χ1n) is 7.20. The fraction of sp³-hybridized carbons (Fsp3) is 0.176. The molecule has 0 bridgehead atoms. The maximum absolute atomic E-state index is 11.8. The van der Waals surface area contributed by atoms with Crippen molar-refractivity contribution in [2.24, 2.45) is 0 Å². The van der Waals surface area contributed by atoms with Crippen LogP contribution in [0.2, 0.25) is 0 Å². The third-order valence-corrected chi connectivity index (χ3v) is 3.56.